The van der Waals surface area contributed by atoms with Crippen molar-refractivity contribution in [2.45, 2.75) is 96.8 Å². The van der Waals surface area contributed by atoms with Crippen LogP contribution in [0.5, 0.6) is 0 Å². The zero-order valence-electron chi connectivity index (χ0n) is 21.9. The number of nitrogens with zero attached hydrogens (tertiary/aromatic N) is 1. The fourth-order valence-corrected chi connectivity index (χ4v) is 7.16. The monoisotopic (exact) mass is 457 g/mol. The van der Waals surface area contributed by atoms with Crippen LogP contribution < -0.4 is 4.90 Å². The topological polar surface area (TPSA) is 3.24 Å². The minimum Gasteiger partial charge on any atom is -0.372 e. The molecule has 1 saturated carbocycles. The van der Waals surface area contributed by atoms with Crippen molar-refractivity contribution in [3.05, 3.63) is 72.3 Å². The molecule has 0 spiro atoms. The molecule has 2 aliphatic rings. The van der Waals surface area contributed by atoms with Gasteiger partial charge in [-0.05, 0) is 104 Å². The van der Waals surface area contributed by atoms with E-state index < -0.39 is 0 Å². The molecule has 1 saturated heterocycles. The Bertz CT molecular complexity index is 877. The Kier molecular flexibility index (Phi) is 8.92. The quantitative estimate of drug-likeness (QED) is 0.324. The van der Waals surface area contributed by atoms with Gasteiger partial charge in [0.25, 0.3) is 0 Å². The van der Waals surface area contributed by atoms with Crippen LogP contribution in [0.25, 0.3) is 5.57 Å². The van der Waals surface area contributed by atoms with E-state index in [0.29, 0.717) is 5.41 Å². The molecule has 0 N–H and O–H groups in total. The first-order valence-corrected chi connectivity index (χ1v) is 14.2. The van der Waals surface area contributed by atoms with Crippen molar-refractivity contribution in [1.29, 1.82) is 0 Å². The van der Waals surface area contributed by atoms with Gasteiger partial charge >= 0.3 is 0 Å². The lowest BCUT2D eigenvalue weighted by atomic mass is 9.59. The van der Waals surface area contributed by atoms with Gasteiger partial charge in [0.05, 0.1) is 0 Å². The summed E-state index contributed by atoms with van der Waals surface area (Å²) < 4.78 is 0. The first kappa shape index (κ1) is 25.1. The van der Waals surface area contributed by atoms with Gasteiger partial charge in [0.1, 0.15) is 0 Å². The zero-order chi connectivity index (χ0) is 23.8. The average Bonchev–Trinajstić information content (AvgIpc) is 3.40. The highest BCUT2D eigenvalue weighted by atomic mass is 15.1. The third-order valence-corrected chi connectivity index (χ3v) is 8.70. The number of benzene rings is 2. The van der Waals surface area contributed by atoms with Crippen LogP contribution in [0, 0.1) is 11.3 Å². The molecule has 184 valence electrons. The average molecular weight is 458 g/mol. The standard InChI is InChI=1S/C33H47N/c1-4-12-28-24-31(30-14-7-6-8-15-30)26-33(25-28,20-5-2)21-11-13-27(3)29-16-18-32(19-17-29)34-22-9-10-23-34/h6-8,14-19,28,31H,3-5,9-13,20-26H2,1-2H3. The predicted octanol–water partition coefficient (Wildman–Crippen LogP) is 9.64. The van der Waals surface area contributed by atoms with Crippen molar-refractivity contribution in [2.24, 2.45) is 11.3 Å². The third kappa shape index (κ3) is 6.35. The molecule has 0 amide bonds. The molecular formula is C33H47N. The van der Waals surface area contributed by atoms with Crippen LogP contribution in [0.2, 0.25) is 0 Å². The van der Waals surface area contributed by atoms with E-state index in [1.165, 1.54) is 101 Å². The molecule has 1 aliphatic heterocycles. The lowest BCUT2D eigenvalue weighted by molar-refractivity contribution is 0.0894. The summed E-state index contributed by atoms with van der Waals surface area (Å²) in [5.74, 6) is 1.62. The summed E-state index contributed by atoms with van der Waals surface area (Å²) >= 11 is 0. The van der Waals surface area contributed by atoms with Gasteiger partial charge in [-0.15, -0.1) is 0 Å². The summed E-state index contributed by atoms with van der Waals surface area (Å²) in [4.78, 5) is 2.51. The van der Waals surface area contributed by atoms with Crippen LogP contribution in [-0.2, 0) is 0 Å². The highest BCUT2D eigenvalue weighted by molar-refractivity contribution is 5.65. The highest BCUT2D eigenvalue weighted by Crippen LogP contribution is 2.53. The van der Waals surface area contributed by atoms with Crippen molar-refractivity contribution in [3.8, 4) is 0 Å². The van der Waals surface area contributed by atoms with Crippen LogP contribution in [0.15, 0.2) is 61.2 Å². The summed E-state index contributed by atoms with van der Waals surface area (Å²) in [5, 5.41) is 0. The van der Waals surface area contributed by atoms with Gasteiger partial charge in [0, 0.05) is 18.8 Å². The van der Waals surface area contributed by atoms with Gasteiger partial charge in [-0.25, -0.2) is 0 Å². The van der Waals surface area contributed by atoms with E-state index in [4.69, 9.17) is 0 Å². The Morgan fingerprint density at radius 3 is 2.32 bits per heavy atom. The van der Waals surface area contributed by atoms with Crippen LogP contribution in [0.1, 0.15) is 108 Å². The lowest BCUT2D eigenvalue weighted by Crippen LogP contribution is -2.33. The van der Waals surface area contributed by atoms with Gasteiger partial charge in [0.15, 0.2) is 0 Å². The van der Waals surface area contributed by atoms with Crippen LogP contribution in [0.3, 0.4) is 0 Å². The van der Waals surface area contributed by atoms with Crippen LogP contribution in [0.4, 0.5) is 5.69 Å². The smallest absolute Gasteiger partial charge is 0.0366 e. The number of hydrogen-bond donors (Lipinski definition) is 0. The molecular weight excluding hydrogens is 410 g/mol. The number of allylic oxidation sites excluding steroid dienone is 1. The van der Waals surface area contributed by atoms with Crippen molar-refractivity contribution < 1.29 is 0 Å². The molecule has 3 atom stereocenters. The number of anilines is 1. The molecule has 2 aromatic rings. The fraction of sp³-hybridized carbons (Fsp3) is 0.576. The SMILES string of the molecule is C=C(CCCC1(CCC)CC(CCC)CC(c2ccccc2)C1)c1ccc(N2CCCC2)cc1. The minimum absolute atomic E-state index is 0.507. The second kappa shape index (κ2) is 12.1. The Morgan fingerprint density at radius 2 is 1.65 bits per heavy atom. The number of rotatable bonds is 11. The summed E-state index contributed by atoms with van der Waals surface area (Å²) in [6, 6.07) is 20.6. The normalized spacial score (nSPS) is 24.9. The predicted molar refractivity (Wildman–Crippen MR) is 150 cm³/mol. The zero-order valence-corrected chi connectivity index (χ0v) is 21.9. The van der Waals surface area contributed by atoms with Gasteiger partial charge < -0.3 is 4.90 Å². The van der Waals surface area contributed by atoms with Gasteiger partial charge in [0.2, 0.25) is 0 Å². The maximum absolute atomic E-state index is 4.50. The lowest BCUT2D eigenvalue weighted by Gasteiger charge is -2.45. The molecule has 2 aromatic carbocycles. The highest BCUT2D eigenvalue weighted by Gasteiger charge is 2.39. The Labute approximate surface area is 209 Å². The molecule has 0 bridgehead atoms. The molecule has 2 fully saturated rings. The van der Waals surface area contributed by atoms with Crippen molar-refractivity contribution in [1.82, 2.24) is 0 Å². The second-order valence-electron chi connectivity index (χ2n) is 11.4. The molecule has 3 unspecified atom stereocenters. The Hall–Kier alpha value is -2.02. The number of hydrogen-bond acceptors (Lipinski definition) is 1. The van der Waals surface area contributed by atoms with E-state index in [2.05, 4.69) is 79.9 Å². The molecule has 34 heavy (non-hydrogen) atoms. The second-order valence-corrected chi connectivity index (χ2v) is 11.4. The summed E-state index contributed by atoms with van der Waals surface area (Å²) in [6.45, 7) is 11.7. The molecule has 1 aliphatic carbocycles. The van der Waals surface area contributed by atoms with E-state index in [1.54, 1.807) is 5.56 Å². The van der Waals surface area contributed by atoms with Gasteiger partial charge in [-0.1, -0.05) is 82.2 Å². The van der Waals surface area contributed by atoms with E-state index in [9.17, 15) is 0 Å². The maximum atomic E-state index is 4.50. The fourth-order valence-electron chi connectivity index (χ4n) is 7.16. The Morgan fingerprint density at radius 1 is 0.912 bits per heavy atom. The molecule has 0 radical (unpaired) electrons. The van der Waals surface area contributed by atoms with Crippen molar-refractivity contribution >= 4 is 11.3 Å². The van der Waals surface area contributed by atoms with Gasteiger partial charge in [-0.3, -0.25) is 0 Å². The maximum Gasteiger partial charge on any atom is 0.0366 e. The van der Waals surface area contributed by atoms with Crippen LogP contribution >= 0.6 is 0 Å². The molecule has 1 heteroatoms. The van der Waals surface area contributed by atoms with E-state index in [0.717, 1.165) is 18.3 Å². The van der Waals surface area contributed by atoms with Gasteiger partial charge in [-0.2, -0.15) is 0 Å². The minimum atomic E-state index is 0.507. The summed E-state index contributed by atoms with van der Waals surface area (Å²) in [6.07, 6.45) is 16.0. The van der Waals surface area contributed by atoms with E-state index in [-0.39, 0.29) is 0 Å². The third-order valence-electron chi connectivity index (χ3n) is 8.70. The molecule has 1 nitrogen and oxygen atoms in total. The summed E-state index contributed by atoms with van der Waals surface area (Å²) in [7, 11) is 0. The molecule has 0 aromatic heterocycles. The van der Waals surface area contributed by atoms with E-state index in [1.807, 2.05) is 0 Å². The molecule has 4 rings (SSSR count). The summed E-state index contributed by atoms with van der Waals surface area (Å²) in [5.41, 5.74) is 6.12. The Balaban J connectivity index is 1.39. The first-order valence-electron chi connectivity index (χ1n) is 14.2. The first-order chi connectivity index (χ1) is 16.6. The van der Waals surface area contributed by atoms with E-state index >= 15 is 0 Å². The van der Waals surface area contributed by atoms with Crippen LogP contribution in [-0.4, -0.2) is 13.1 Å². The molecule has 1 heterocycles. The largest absolute Gasteiger partial charge is 0.372 e. The van der Waals surface area contributed by atoms with Crippen molar-refractivity contribution in [2.75, 3.05) is 18.0 Å². The van der Waals surface area contributed by atoms with Crippen molar-refractivity contribution in [3.63, 3.8) is 0 Å².